The van der Waals surface area contributed by atoms with Crippen molar-refractivity contribution in [1.29, 1.82) is 0 Å². The number of amides is 4. The third kappa shape index (κ3) is 1.23. The van der Waals surface area contributed by atoms with Crippen molar-refractivity contribution >= 4 is 23.6 Å². The van der Waals surface area contributed by atoms with E-state index in [1.54, 1.807) is 0 Å². The molecule has 4 amide bonds. The van der Waals surface area contributed by atoms with Gasteiger partial charge in [0.25, 0.3) is 5.91 Å². The van der Waals surface area contributed by atoms with Gasteiger partial charge in [-0.1, -0.05) is 0 Å². The van der Waals surface area contributed by atoms with E-state index >= 15 is 0 Å². The van der Waals surface area contributed by atoms with Crippen LogP contribution in [0.4, 0.5) is 0 Å². The highest BCUT2D eigenvalue weighted by Crippen LogP contribution is 2.27. The van der Waals surface area contributed by atoms with Crippen LogP contribution in [0.3, 0.4) is 0 Å². The van der Waals surface area contributed by atoms with Crippen LogP contribution in [0.25, 0.3) is 0 Å². The topological polar surface area (TPSA) is 104 Å². The summed E-state index contributed by atoms with van der Waals surface area (Å²) >= 11 is 0. The van der Waals surface area contributed by atoms with Gasteiger partial charge in [-0.3, -0.25) is 24.5 Å². The van der Waals surface area contributed by atoms with Gasteiger partial charge in [0.1, 0.15) is 0 Å². The van der Waals surface area contributed by atoms with Crippen LogP contribution in [0.1, 0.15) is 19.3 Å². The van der Waals surface area contributed by atoms with Crippen LogP contribution in [0.5, 0.6) is 0 Å². The molecule has 15 heavy (non-hydrogen) atoms. The van der Waals surface area contributed by atoms with Gasteiger partial charge in [-0.15, -0.1) is 0 Å². The highest BCUT2D eigenvalue weighted by Gasteiger charge is 2.55. The Bertz CT molecular complexity index is 374. The average Bonchev–Trinajstić information content (AvgIpc) is 2.56. The van der Waals surface area contributed by atoms with Gasteiger partial charge >= 0.3 is 0 Å². The summed E-state index contributed by atoms with van der Waals surface area (Å²) in [6.07, 6.45) is -0.658. The Morgan fingerprint density at radius 1 is 1.13 bits per heavy atom. The van der Waals surface area contributed by atoms with Crippen LogP contribution in [0.2, 0.25) is 0 Å². The number of hydrogen-bond acceptors (Lipinski definition) is 5. The summed E-state index contributed by atoms with van der Waals surface area (Å²) in [7, 11) is 0. The van der Waals surface area contributed by atoms with Gasteiger partial charge in [0.2, 0.25) is 23.4 Å². The molecule has 2 heterocycles. The zero-order valence-electron chi connectivity index (χ0n) is 7.65. The predicted molar refractivity (Wildman–Crippen MR) is 43.8 cm³/mol. The van der Waals surface area contributed by atoms with E-state index in [1.807, 2.05) is 5.32 Å². The minimum absolute atomic E-state index is 0.0391. The maximum absolute atomic E-state index is 11.3. The molecule has 0 aliphatic carbocycles. The molecule has 80 valence electrons. The number of likely N-dealkylation sites (tertiary alicyclic amines) is 1. The van der Waals surface area contributed by atoms with Crippen molar-refractivity contribution in [2.24, 2.45) is 0 Å². The second-order valence-electron chi connectivity index (χ2n) is 3.49. The smallest absolute Gasteiger partial charge is 0.280 e. The minimum atomic E-state index is -2.32. The second kappa shape index (κ2) is 2.86. The molecular weight excluding hydrogens is 204 g/mol. The summed E-state index contributed by atoms with van der Waals surface area (Å²) in [5.74, 6) is -2.98. The Hall–Kier alpha value is -1.76. The van der Waals surface area contributed by atoms with E-state index in [0.29, 0.717) is 4.90 Å². The lowest BCUT2D eigenvalue weighted by Crippen LogP contribution is -2.56. The molecule has 2 aliphatic rings. The Balaban J connectivity index is 2.37. The van der Waals surface area contributed by atoms with Gasteiger partial charge in [-0.25, -0.2) is 4.90 Å². The molecule has 7 nitrogen and oxygen atoms in total. The quantitative estimate of drug-likeness (QED) is 0.483. The van der Waals surface area contributed by atoms with E-state index in [9.17, 15) is 24.3 Å². The molecule has 0 saturated carbocycles. The molecule has 0 radical (unpaired) electrons. The van der Waals surface area contributed by atoms with Crippen molar-refractivity contribution in [3.05, 3.63) is 0 Å². The Kier molecular flexibility index (Phi) is 1.87. The molecule has 2 rings (SSSR count). The SMILES string of the molecule is O=C1CC(O)(N2C(=O)CCC2=O)C(=O)N1. The lowest BCUT2D eigenvalue weighted by molar-refractivity contribution is -0.173. The molecule has 2 saturated heterocycles. The fourth-order valence-electron chi connectivity index (χ4n) is 1.74. The normalized spacial score (nSPS) is 31.4. The summed E-state index contributed by atoms with van der Waals surface area (Å²) in [5.41, 5.74) is -2.32. The van der Waals surface area contributed by atoms with Gasteiger partial charge in [-0.05, 0) is 0 Å². The fraction of sp³-hybridized carbons (Fsp3) is 0.500. The molecule has 0 spiro atoms. The third-order valence-electron chi connectivity index (χ3n) is 2.45. The van der Waals surface area contributed by atoms with Gasteiger partial charge < -0.3 is 5.11 Å². The predicted octanol–water partition coefficient (Wildman–Crippen LogP) is -2.13. The van der Waals surface area contributed by atoms with E-state index in [4.69, 9.17) is 0 Å². The van der Waals surface area contributed by atoms with Crippen LogP contribution in [-0.2, 0) is 19.2 Å². The minimum Gasteiger partial charge on any atom is -0.362 e. The molecule has 2 aliphatic heterocycles. The number of carbonyl (C=O) groups is 4. The Morgan fingerprint density at radius 3 is 2.07 bits per heavy atom. The maximum Gasteiger partial charge on any atom is 0.280 e. The number of hydrogen-bond donors (Lipinski definition) is 2. The van der Waals surface area contributed by atoms with Crippen molar-refractivity contribution in [2.75, 3.05) is 0 Å². The highest BCUT2D eigenvalue weighted by atomic mass is 16.3. The van der Waals surface area contributed by atoms with Crippen molar-refractivity contribution in [2.45, 2.75) is 25.0 Å². The van der Waals surface area contributed by atoms with Gasteiger partial charge in [-0.2, -0.15) is 0 Å². The summed E-state index contributed by atoms with van der Waals surface area (Å²) in [6.45, 7) is 0. The van der Waals surface area contributed by atoms with Crippen LogP contribution in [-0.4, -0.2) is 39.4 Å². The molecule has 7 heteroatoms. The van der Waals surface area contributed by atoms with Gasteiger partial charge in [0, 0.05) is 12.8 Å². The van der Waals surface area contributed by atoms with E-state index in [1.165, 1.54) is 0 Å². The first kappa shape index (κ1) is 9.78. The first-order valence-corrected chi connectivity index (χ1v) is 4.38. The fourth-order valence-corrected chi connectivity index (χ4v) is 1.74. The third-order valence-corrected chi connectivity index (χ3v) is 2.45. The van der Waals surface area contributed by atoms with E-state index in [2.05, 4.69) is 0 Å². The first-order chi connectivity index (χ1) is 6.95. The monoisotopic (exact) mass is 212 g/mol. The average molecular weight is 212 g/mol. The number of imide groups is 2. The summed E-state index contributed by atoms with van der Waals surface area (Å²) in [6, 6.07) is 0. The number of rotatable bonds is 1. The van der Waals surface area contributed by atoms with Crippen LogP contribution < -0.4 is 5.32 Å². The van der Waals surface area contributed by atoms with Crippen molar-refractivity contribution < 1.29 is 24.3 Å². The molecule has 0 aromatic carbocycles. The summed E-state index contributed by atoms with van der Waals surface area (Å²) in [5, 5.41) is 11.7. The largest absolute Gasteiger partial charge is 0.362 e. The maximum atomic E-state index is 11.3. The van der Waals surface area contributed by atoms with Crippen molar-refractivity contribution in [3.63, 3.8) is 0 Å². The standard InChI is InChI=1S/C8H8N2O5/c11-4-3-8(15,7(14)9-4)10-5(12)1-2-6(10)13/h15H,1-3H2,(H,9,11,14). The van der Waals surface area contributed by atoms with Crippen molar-refractivity contribution in [1.82, 2.24) is 10.2 Å². The lowest BCUT2D eigenvalue weighted by Gasteiger charge is -2.27. The number of carbonyl (C=O) groups excluding carboxylic acids is 4. The first-order valence-electron chi connectivity index (χ1n) is 4.38. The van der Waals surface area contributed by atoms with Crippen molar-refractivity contribution in [3.8, 4) is 0 Å². The van der Waals surface area contributed by atoms with Crippen LogP contribution >= 0.6 is 0 Å². The molecule has 0 aromatic rings. The molecule has 0 bridgehead atoms. The van der Waals surface area contributed by atoms with E-state index < -0.39 is 35.8 Å². The molecule has 1 atom stereocenters. The highest BCUT2D eigenvalue weighted by molar-refractivity contribution is 6.13. The van der Waals surface area contributed by atoms with Gasteiger partial charge in [0.15, 0.2) is 0 Å². The second-order valence-corrected chi connectivity index (χ2v) is 3.49. The molecule has 0 aromatic heterocycles. The molecule has 2 N–H and O–H groups in total. The van der Waals surface area contributed by atoms with Crippen LogP contribution in [0.15, 0.2) is 0 Å². The number of nitrogens with one attached hydrogen (secondary N) is 1. The summed E-state index contributed by atoms with van der Waals surface area (Å²) < 4.78 is 0. The molecular formula is C8H8N2O5. The van der Waals surface area contributed by atoms with Gasteiger partial charge in [0.05, 0.1) is 6.42 Å². The Labute approximate surface area is 84.0 Å². The zero-order chi connectivity index (χ0) is 11.2. The summed E-state index contributed by atoms with van der Waals surface area (Å²) in [4.78, 5) is 45.2. The lowest BCUT2D eigenvalue weighted by atomic mass is 10.1. The van der Waals surface area contributed by atoms with E-state index in [-0.39, 0.29) is 12.8 Å². The molecule has 1 unspecified atom stereocenters. The Morgan fingerprint density at radius 2 is 1.67 bits per heavy atom. The van der Waals surface area contributed by atoms with E-state index in [0.717, 1.165) is 0 Å². The number of aliphatic hydroxyl groups is 1. The van der Waals surface area contributed by atoms with Crippen LogP contribution in [0, 0.1) is 0 Å². The zero-order valence-corrected chi connectivity index (χ0v) is 7.65. The molecule has 2 fully saturated rings. The number of nitrogens with zero attached hydrogens (tertiary/aromatic N) is 1.